The van der Waals surface area contributed by atoms with Crippen molar-refractivity contribution in [3.63, 3.8) is 0 Å². The van der Waals surface area contributed by atoms with Gasteiger partial charge in [-0.15, -0.1) is 0 Å². The van der Waals surface area contributed by atoms with Crippen LogP contribution < -0.4 is 0 Å². The van der Waals surface area contributed by atoms with Crippen LogP contribution in [0.2, 0.25) is 0 Å². The first-order valence-corrected chi connectivity index (χ1v) is 10.4. The third kappa shape index (κ3) is 4.69. The fourth-order valence-electron chi connectivity index (χ4n) is 3.73. The number of hydrogen-bond donors (Lipinski definition) is 1. The molecule has 1 aliphatic heterocycles. The predicted molar refractivity (Wildman–Crippen MR) is 119 cm³/mol. The number of carbonyl (C=O) groups excluding carboxylic acids is 2. The number of aliphatic hydroxyl groups excluding tert-OH is 1. The Morgan fingerprint density at radius 2 is 1.63 bits per heavy atom. The molecule has 0 radical (unpaired) electrons. The van der Waals surface area contributed by atoms with Gasteiger partial charge in [0.05, 0.1) is 11.6 Å². The lowest BCUT2D eigenvalue weighted by molar-refractivity contribution is -0.129. The summed E-state index contributed by atoms with van der Waals surface area (Å²) in [4.78, 5) is 29.8. The summed E-state index contributed by atoms with van der Waals surface area (Å²) in [6, 6.07) is 18.3. The molecule has 0 spiro atoms. The van der Waals surface area contributed by atoms with E-state index in [2.05, 4.69) is 18.7 Å². The molecule has 5 heteroatoms. The second-order valence-electron chi connectivity index (χ2n) is 7.21. The third-order valence-corrected chi connectivity index (χ3v) is 5.46. The van der Waals surface area contributed by atoms with Crippen LogP contribution in [0.5, 0.6) is 0 Å². The van der Waals surface area contributed by atoms with Crippen molar-refractivity contribution in [2.45, 2.75) is 19.9 Å². The summed E-state index contributed by atoms with van der Waals surface area (Å²) in [6.45, 7) is 7.01. The number of rotatable bonds is 9. The number of aliphatic hydroxyl groups is 1. The van der Waals surface area contributed by atoms with Gasteiger partial charge in [0.1, 0.15) is 0 Å². The van der Waals surface area contributed by atoms with Crippen LogP contribution in [0, 0.1) is 0 Å². The summed E-state index contributed by atoms with van der Waals surface area (Å²) in [5.41, 5.74) is 1.83. The Morgan fingerprint density at radius 1 is 1.03 bits per heavy atom. The van der Waals surface area contributed by atoms with Crippen molar-refractivity contribution in [1.29, 1.82) is 0 Å². The molecule has 0 aromatic heterocycles. The van der Waals surface area contributed by atoms with Crippen molar-refractivity contribution in [3.05, 3.63) is 89.2 Å². The van der Waals surface area contributed by atoms with E-state index in [1.807, 2.05) is 60.7 Å². The molecule has 0 fully saturated rings. The average molecular weight is 405 g/mol. The average Bonchev–Trinajstić information content (AvgIpc) is 3.04. The minimum Gasteiger partial charge on any atom is -0.503 e. The zero-order valence-electron chi connectivity index (χ0n) is 17.5. The number of likely N-dealkylation sites (N-methyl/N-ethyl adjacent to an activating group) is 1. The van der Waals surface area contributed by atoms with Gasteiger partial charge in [-0.05, 0) is 30.3 Å². The fraction of sp³-hybridized carbons (Fsp3) is 0.280. The van der Waals surface area contributed by atoms with E-state index in [1.54, 1.807) is 11.0 Å². The molecule has 30 heavy (non-hydrogen) atoms. The highest BCUT2D eigenvalue weighted by atomic mass is 16.3. The van der Waals surface area contributed by atoms with Gasteiger partial charge in [0, 0.05) is 13.1 Å². The first kappa shape index (κ1) is 21.5. The SMILES string of the molecule is CCN(CC)CCN1C(=O)C(O)=C(C(=O)/C=C/c2ccccc2)[C@H]1c1ccccc1. The maximum atomic E-state index is 13.1. The van der Waals surface area contributed by atoms with Crippen LogP contribution in [0.4, 0.5) is 0 Å². The maximum absolute atomic E-state index is 13.1. The largest absolute Gasteiger partial charge is 0.503 e. The van der Waals surface area contributed by atoms with E-state index in [0.29, 0.717) is 13.1 Å². The van der Waals surface area contributed by atoms with Gasteiger partial charge in [0.15, 0.2) is 11.5 Å². The number of allylic oxidation sites excluding steroid dienone is 1. The molecule has 0 unspecified atom stereocenters. The van der Waals surface area contributed by atoms with Crippen molar-refractivity contribution in [1.82, 2.24) is 9.80 Å². The lowest BCUT2D eigenvalue weighted by Crippen LogP contribution is -2.38. The van der Waals surface area contributed by atoms with E-state index < -0.39 is 17.7 Å². The molecule has 0 bridgehead atoms. The molecule has 0 saturated heterocycles. The molecule has 0 aliphatic carbocycles. The first-order valence-electron chi connectivity index (χ1n) is 10.4. The second kappa shape index (κ2) is 10.0. The van der Waals surface area contributed by atoms with Crippen molar-refractivity contribution < 1.29 is 14.7 Å². The molecule has 1 atom stereocenters. The topological polar surface area (TPSA) is 60.9 Å². The van der Waals surface area contributed by atoms with Crippen molar-refractivity contribution in [3.8, 4) is 0 Å². The number of benzene rings is 2. The monoisotopic (exact) mass is 404 g/mol. The van der Waals surface area contributed by atoms with Gasteiger partial charge in [-0.2, -0.15) is 0 Å². The summed E-state index contributed by atoms with van der Waals surface area (Å²) in [5.74, 6) is -1.30. The second-order valence-corrected chi connectivity index (χ2v) is 7.21. The number of carbonyl (C=O) groups is 2. The Morgan fingerprint density at radius 3 is 2.23 bits per heavy atom. The predicted octanol–water partition coefficient (Wildman–Crippen LogP) is 4.01. The number of hydrogen-bond acceptors (Lipinski definition) is 4. The van der Waals surface area contributed by atoms with Crippen LogP contribution in [0.25, 0.3) is 6.08 Å². The van der Waals surface area contributed by atoms with Gasteiger partial charge >= 0.3 is 0 Å². The van der Waals surface area contributed by atoms with E-state index in [4.69, 9.17) is 0 Å². The van der Waals surface area contributed by atoms with E-state index in [9.17, 15) is 14.7 Å². The highest BCUT2D eigenvalue weighted by Gasteiger charge is 2.42. The molecule has 156 valence electrons. The molecule has 2 aromatic rings. The van der Waals surface area contributed by atoms with Crippen LogP contribution >= 0.6 is 0 Å². The normalized spacial score (nSPS) is 16.8. The van der Waals surface area contributed by atoms with E-state index in [0.717, 1.165) is 24.2 Å². The van der Waals surface area contributed by atoms with Crippen LogP contribution in [-0.2, 0) is 9.59 Å². The molecular weight excluding hydrogens is 376 g/mol. The molecular formula is C25H28N2O3. The molecule has 2 aromatic carbocycles. The number of amides is 1. The summed E-state index contributed by atoms with van der Waals surface area (Å²) < 4.78 is 0. The zero-order chi connectivity index (χ0) is 21.5. The lowest BCUT2D eigenvalue weighted by atomic mass is 9.95. The van der Waals surface area contributed by atoms with Crippen LogP contribution in [0.1, 0.15) is 31.0 Å². The van der Waals surface area contributed by atoms with Crippen molar-refractivity contribution in [2.75, 3.05) is 26.2 Å². The van der Waals surface area contributed by atoms with Gasteiger partial charge in [-0.25, -0.2) is 0 Å². The summed E-state index contributed by atoms with van der Waals surface area (Å²) in [6.07, 6.45) is 3.13. The fourth-order valence-corrected chi connectivity index (χ4v) is 3.73. The smallest absolute Gasteiger partial charge is 0.290 e. The van der Waals surface area contributed by atoms with Gasteiger partial charge in [-0.1, -0.05) is 80.6 Å². The highest BCUT2D eigenvalue weighted by Crippen LogP contribution is 2.37. The summed E-state index contributed by atoms with van der Waals surface area (Å²) in [7, 11) is 0. The van der Waals surface area contributed by atoms with Gasteiger partial charge in [0.25, 0.3) is 5.91 Å². The Hall–Kier alpha value is -3.18. The molecule has 1 N–H and O–H groups in total. The number of ketones is 1. The van der Waals surface area contributed by atoms with E-state index in [-0.39, 0.29) is 11.4 Å². The van der Waals surface area contributed by atoms with Crippen molar-refractivity contribution >= 4 is 17.8 Å². The third-order valence-electron chi connectivity index (χ3n) is 5.46. The van der Waals surface area contributed by atoms with Crippen LogP contribution in [0.15, 0.2) is 78.1 Å². The molecule has 1 aliphatic rings. The molecule has 5 nitrogen and oxygen atoms in total. The Labute approximate surface area is 177 Å². The van der Waals surface area contributed by atoms with Crippen LogP contribution in [0.3, 0.4) is 0 Å². The lowest BCUT2D eigenvalue weighted by Gasteiger charge is -2.29. The van der Waals surface area contributed by atoms with E-state index in [1.165, 1.54) is 6.08 Å². The summed E-state index contributed by atoms with van der Waals surface area (Å²) >= 11 is 0. The Kier molecular flexibility index (Phi) is 7.20. The molecule has 1 heterocycles. The van der Waals surface area contributed by atoms with E-state index >= 15 is 0 Å². The Balaban J connectivity index is 1.92. The minimum atomic E-state index is -0.595. The number of nitrogens with zero attached hydrogens (tertiary/aromatic N) is 2. The summed E-state index contributed by atoms with van der Waals surface area (Å²) in [5, 5.41) is 10.6. The molecule has 3 rings (SSSR count). The van der Waals surface area contributed by atoms with Crippen LogP contribution in [-0.4, -0.2) is 52.8 Å². The quantitative estimate of drug-likeness (QED) is 0.642. The first-order chi connectivity index (χ1) is 14.6. The Bertz CT molecular complexity index is 931. The van der Waals surface area contributed by atoms with Gasteiger partial charge in [0.2, 0.25) is 0 Å². The molecule has 0 saturated carbocycles. The highest BCUT2D eigenvalue weighted by molar-refractivity contribution is 6.14. The molecule has 1 amide bonds. The zero-order valence-corrected chi connectivity index (χ0v) is 17.5. The van der Waals surface area contributed by atoms with Gasteiger partial charge in [-0.3, -0.25) is 9.59 Å². The maximum Gasteiger partial charge on any atom is 0.290 e. The van der Waals surface area contributed by atoms with Gasteiger partial charge < -0.3 is 14.9 Å². The standard InChI is InChI=1S/C25H28N2O3/c1-3-26(4-2)17-18-27-23(20-13-9-6-10-14-20)22(24(29)25(27)30)21(28)16-15-19-11-7-5-8-12-19/h5-16,23,29H,3-4,17-18H2,1-2H3/b16-15+/t23-/m1/s1. The van der Waals surface area contributed by atoms with Crippen molar-refractivity contribution in [2.24, 2.45) is 0 Å². The minimum absolute atomic E-state index is 0.137.